The molecule has 3 N–H and O–H groups in total. The molecule has 0 aliphatic heterocycles. The zero-order valence-corrected chi connectivity index (χ0v) is 5.70. The summed E-state index contributed by atoms with van der Waals surface area (Å²) in [4.78, 5) is 0. The summed E-state index contributed by atoms with van der Waals surface area (Å²) < 4.78 is 0. The second kappa shape index (κ2) is 2.34. The molecule has 56 valence electrons. The summed E-state index contributed by atoms with van der Waals surface area (Å²) in [5.74, 6) is 0.0313. The van der Waals surface area contributed by atoms with Gasteiger partial charge in [0.1, 0.15) is 11.5 Å². The first-order valence-corrected chi connectivity index (χ1v) is 3.09. The van der Waals surface area contributed by atoms with Crippen LogP contribution < -0.4 is 0 Å². The van der Waals surface area contributed by atoms with Crippen LogP contribution in [-0.2, 0) is 0 Å². The lowest BCUT2D eigenvalue weighted by Gasteiger charge is -2.14. The van der Waals surface area contributed by atoms with Gasteiger partial charge in [-0.1, -0.05) is 0 Å². The maximum absolute atomic E-state index is 9.04. The van der Waals surface area contributed by atoms with Crippen LogP contribution in [0.2, 0.25) is 0 Å². The van der Waals surface area contributed by atoms with Crippen molar-refractivity contribution in [3.05, 3.63) is 23.2 Å². The van der Waals surface area contributed by atoms with E-state index in [0.29, 0.717) is 5.57 Å². The van der Waals surface area contributed by atoms with Crippen LogP contribution in [0.15, 0.2) is 23.2 Å². The predicted molar refractivity (Wildman–Crippen MR) is 36.7 cm³/mol. The standard InChI is InChI=1S/C7H10O3/c1-4-6(9)2-5(8)3-7(4)10/h2,5,8-10H,3H2,1H3. The van der Waals surface area contributed by atoms with Gasteiger partial charge in [-0.05, 0) is 13.0 Å². The Morgan fingerprint density at radius 3 is 2.60 bits per heavy atom. The van der Waals surface area contributed by atoms with Gasteiger partial charge in [0.15, 0.2) is 0 Å². The highest BCUT2D eigenvalue weighted by Gasteiger charge is 2.16. The number of aliphatic hydroxyl groups excluding tert-OH is 3. The summed E-state index contributed by atoms with van der Waals surface area (Å²) in [6, 6.07) is 0. The SMILES string of the molecule is CC1=C(O)CC(O)C=C1O. The van der Waals surface area contributed by atoms with E-state index in [1.165, 1.54) is 6.08 Å². The normalized spacial score (nSPS) is 26.6. The van der Waals surface area contributed by atoms with Crippen molar-refractivity contribution in [2.75, 3.05) is 0 Å². The molecule has 0 saturated heterocycles. The second-order valence-electron chi connectivity index (χ2n) is 2.40. The van der Waals surface area contributed by atoms with E-state index in [0.717, 1.165) is 0 Å². The first-order chi connectivity index (χ1) is 4.61. The van der Waals surface area contributed by atoms with E-state index in [-0.39, 0.29) is 17.9 Å². The molecular formula is C7H10O3. The minimum atomic E-state index is -0.747. The van der Waals surface area contributed by atoms with Crippen LogP contribution in [0, 0.1) is 0 Å². The average Bonchev–Trinajstić information content (AvgIpc) is 1.82. The van der Waals surface area contributed by atoms with Crippen LogP contribution >= 0.6 is 0 Å². The van der Waals surface area contributed by atoms with Crippen molar-refractivity contribution in [1.29, 1.82) is 0 Å². The fourth-order valence-electron chi connectivity index (χ4n) is 0.865. The van der Waals surface area contributed by atoms with Gasteiger partial charge in [-0.15, -0.1) is 0 Å². The number of hydrogen-bond acceptors (Lipinski definition) is 3. The fraction of sp³-hybridized carbons (Fsp3) is 0.429. The maximum atomic E-state index is 9.04. The predicted octanol–water partition coefficient (Wildman–Crippen LogP) is 1.02. The molecule has 1 atom stereocenters. The van der Waals surface area contributed by atoms with Crippen molar-refractivity contribution >= 4 is 0 Å². The van der Waals surface area contributed by atoms with Crippen molar-refractivity contribution in [2.45, 2.75) is 19.4 Å². The zero-order chi connectivity index (χ0) is 7.72. The molecule has 3 heteroatoms. The molecule has 3 nitrogen and oxygen atoms in total. The molecule has 1 aliphatic rings. The van der Waals surface area contributed by atoms with Crippen LogP contribution in [0.1, 0.15) is 13.3 Å². The monoisotopic (exact) mass is 142 g/mol. The van der Waals surface area contributed by atoms with Crippen molar-refractivity contribution in [3.63, 3.8) is 0 Å². The Morgan fingerprint density at radius 1 is 1.50 bits per heavy atom. The topological polar surface area (TPSA) is 60.7 Å². The Hall–Kier alpha value is -0.960. The summed E-state index contributed by atoms with van der Waals surface area (Å²) in [5.41, 5.74) is 0.449. The van der Waals surface area contributed by atoms with Gasteiger partial charge in [0.05, 0.1) is 6.10 Å². The molecule has 0 amide bonds. The van der Waals surface area contributed by atoms with E-state index < -0.39 is 6.10 Å². The van der Waals surface area contributed by atoms with Gasteiger partial charge in [-0.25, -0.2) is 0 Å². The lowest BCUT2D eigenvalue weighted by molar-refractivity contribution is 0.189. The Bertz CT molecular complexity index is 203. The number of rotatable bonds is 0. The number of hydrogen-bond donors (Lipinski definition) is 3. The maximum Gasteiger partial charge on any atom is 0.120 e. The average molecular weight is 142 g/mol. The molecule has 0 heterocycles. The molecule has 0 aromatic heterocycles. The van der Waals surface area contributed by atoms with Gasteiger partial charge < -0.3 is 15.3 Å². The van der Waals surface area contributed by atoms with Gasteiger partial charge >= 0.3 is 0 Å². The highest BCUT2D eigenvalue weighted by molar-refractivity contribution is 5.30. The summed E-state index contributed by atoms with van der Waals surface area (Å²) in [7, 11) is 0. The first-order valence-electron chi connectivity index (χ1n) is 3.09. The van der Waals surface area contributed by atoms with Crippen molar-refractivity contribution in [3.8, 4) is 0 Å². The highest BCUT2D eigenvalue weighted by atomic mass is 16.3. The molecular weight excluding hydrogens is 132 g/mol. The van der Waals surface area contributed by atoms with E-state index in [4.69, 9.17) is 15.3 Å². The fourth-order valence-corrected chi connectivity index (χ4v) is 0.865. The Labute approximate surface area is 58.9 Å². The minimum absolute atomic E-state index is 0.0312. The molecule has 1 rings (SSSR count). The van der Waals surface area contributed by atoms with Gasteiger partial charge in [0.25, 0.3) is 0 Å². The quantitative estimate of drug-likeness (QED) is 0.473. The molecule has 0 aromatic carbocycles. The number of allylic oxidation sites excluding steroid dienone is 1. The number of aliphatic hydroxyl groups is 3. The van der Waals surface area contributed by atoms with Crippen LogP contribution in [0.3, 0.4) is 0 Å². The van der Waals surface area contributed by atoms with E-state index >= 15 is 0 Å². The molecule has 0 aromatic rings. The molecule has 0 spiro atoms. The second-order valence-corrected chi connectivity index (χ2v) is 2.40. The molecule has 10 heavy (non-hydrogen) atoms. The smallest absolute Gasteiger partial charge is 0.120 e. The molecule has 0 fully saturated rings. The van der Waals surface area contributed by atoms with E-state index in [9.17, 15) is 0 Å². The molecule has 0 radical (unpaired) electrons. The zero-order valence-electron chi connectivity index (χ0n) is 5.70. The largest absolute Gasteiger partial charge is 0.512 e. The van der Waals surface area contributed by atoms with E-state index in [1.54, 1.807) is 6.92 Å². The third-order valence-corrected chi connectivity index (χ3v) is 1.57. The first kappa shape index (κ1) is 7.15. The van der Waals surface area contributed by atoms with Crippen LogP contribution in [0.5, 0.6) is 0 Å². The minimum Gasteiger partial charge on any atom is -0.512 e. The summed E-state index contributed by atoms with van der Waals surface area (Å²) in [5, 5.41) is 27.0. The summed E-state index contributed by atoms with van der Waals surface area (Å²) in [6.45, 7) is 1.60. The molecule has 0 saturated carbocycles. The van der Waals surface area contributed by atoms with Gasteiger partial charge in [0.2, 0.25) is 0 Å². The van der Waals surface area contributed by atoms with E-state index in [1.807, 2.05) is 0 Å². The van der Waals surface area contributed by atoms with Crippen LogP contribution in [0.4, 0.5) is 0 Å². The van der Waals surface area contributed by atoms with Crippen LogP contribution in [0.25, 0.3) is 0 Å². The third kappa shape index (κ3) is 1.14. The Kier molecular flexibility index (Phi) is 1.68. The lowest BCUT2D eigenvalue weighted by atomic mass is 10.0. The van der Waals surface area contributed by atoms with Gasteiger partial charge in [0, 0.05) is 12.0 Å². The summed E-state index contributed by atoms with van der Waals surface area (Å²) >= 11 is 0. The molecule has 1 unspecified atom stereocenters. The molecule has 1 aliphatic carbocycles. The summed E-state index contributed by atoms with van der Waals surface area (Å²) in [6.07, 6.45) is 0.772. The van der Waals surface area contributed by atoms with E-state index in [2.05, 4.69) is 0 Å². The van der Waals surface area contributed by atoms with Crippen molar-refractivity contribution in [1.82, 2.24) is 0 Å². The van der Waals surface area contributed by atoms with Crippen LogP contribution in [-0.4, -0.2) is 21.4 Å². The molecule has 0 bridgehead atoms. The third-order valence-electron chi connectivity index (χ3n) is 1.57. The van der Waals surface area contributed by atoms with Crippen molar-refractivity contribution in [2.24, 2.45) is 0 Å². The van der Waals surface area contributed by atoms with Gasteiger partial charge in [-0.3, -0.25) is 0 Å². The lowest BCUT2D eigenvalue weighted by Crippen LogP contribution is -2.11. The Morgan fingerprint density at radius 2 is 2.10 bits per heavy atom. The Balaban J connectivity index is 2.90. The highest BCUT2D eigenvalue weighted by Crippen LogP contribution is 2.20. The van der Waals surface area contributed by atoms with Gasteiger partial charge in [-0.2, -0.15) is 0 Å². The van der Waals surface area contributed by atoms with Crippen molar-refractivity contribution < 1.29 is 15.3 Å².